The summed E-state index contributed by atoms with van der Waals surface area (Å²) >= 11 is 0. The number of carbonyl (C=O) groups excluding carboxylic acids is 2. The number of carbonyl (C=O) groups is 2. The predicted octanol–water partition coefficient (Wildman–Crippen LogP) is 3.01. The maximum atomic E-state index is 13.3. The first kappa shape index (κ1) is 27.6. The summed E-state index contributed by atoms with van der Waals surface area (Å²) in [6, 6.07) is 13.4. The number of nitrogens with one attached hydrogen (secondary N) is 2. The van der Waals surface area contributed by atoms with Crippen LogP contribution in [0.25, 0.3) is 0 Å². The van der Waals surface area contributed by atoms with Gasteiger partial charge in [0.1, 0.15) is 5.75 Å². The van der Waals surface area contributed by atoms with E-state index < -0.39 is 20.5 Å². The van der Waals surface area contributed by atoms with Gasteiger partial charge in [-0.25, -0.2) is 13.9 Å². The lowest BCUT2D eigenvalue weighted by Gasteiger charge is -2.34. The van der Waals surface area contributed by atoms with Gasteiger partial charge in [0.05, 0.1) is 11.5 Å². The second-order valence-corrected chi connectivity index (χ2v) is 12.1. The number of ether oxygens (including phenoxy) is 2. The van der Waals surface area contributed by atoms with Crippen molar-refractivity contribution < 1.29 is 32.7 Å². The predicted molar refractivity (Wildman–Crippen MR) is 134 cm³/mol. The molecule has 0 saturated carbocycles. The molecule has 3 rings (SSSR count). The van der Waals surface area contributed by atoms with E-state index >= 15 is 0 Å². The number of hydrogen-bond donors (Lipinski definition) is 3. The minimum absolute atomic E-state index is 0.0229. The van der Waals surface area contributed by atoms with Crippen molar-refractivity contribution in [2.45, 2.75) is 55.1 Å². The van der Waals surface area contributed by atoms with E-state index in [9.17, 15) is 18.0 Å². The van der Waals surface area contributed by atoms with Gasteiger partial charge in [0.2, 0.25) is 0 Å². The summed E-state index contributed by atoms with van der Waals surface area (Å²) in [5, 5.41) is 12.0. The van der Waals surface area contributed by atoms with Crippen molar-refractivity contribution in [1.29, 1.82) is 0 Å². The fraction of sp³-hybridized carbons (Fsp3) is 0.462. The highest BCUT2D eigenvalue weighted by atomic mass is 32.2. The highest BCUT2D eigenvalue weighted by Crippen LogP contribution is 2.35. The lowest BCUT2D eigenvalue weighted by molar-refractivity contribution is -0.134. The molecule has 1 heterocycles. The van der Waals surface area contributed by atoms with Gasteiger partial charge >= 0.3 is 0 Å². The lowest BCUT2D eigenvalue weighted by atomic mass is 9.87. The van der Waals surface area contributed by atoms with Crippen LogP contribution in [0.4, 0.5) is 0 Å². The van der Waals surface area contributed by atoms with Crippen LogP contribution >= 0.6 is 0 Å². The summed E-state index contributed by atoms with van der Waals surface area (Å²) in [7, 11) is -4.08. The van der Waals surface area contributed by atoms with Crippen molar-refractivity contribution in [2.75, 3.05) is 26.4 Å². The fourth-order valence-corrected chi connectivity index (χ4v) is 5.99. The quantitative estimate of drug-likeness (QED) is 0.264. The van der Waals surface area contributed by atoms with Crippen molar-refractivity contribution in [3.05, 3.63) is 59.7 Å². The molecule has 196 valence electrons. The standard InChI is InChI=1S/C26H34N2O7S/c1-25(2,3)20-7-5-19(6-8-20)23(29)27-15-4-16-35-21-9-11-22(12-10-21)36(32,33)26(24(30)28-31)13-17-34-18-14-26/h5-12,31H,4,13-18H2,1-3H3,(H,27,29)(H,28,30). The summed E-state index contributed by atoms with van der Waals surface area (Å²) in [5.41, 5.74) is 3.28. The van der Waals surface area contributed by atoms with Gasteiger partial charge in [0.25, 0.3) is 11.8 Å². The Hall–Kier alpha value is -2.95. The molecule has 1 fully saturated rings. The van der Waals surface area contributed by atoms with Gasteiger partial charge in [-0.1, -0.05) is 32.9 Å². The zero-order chi connectivity index (χ0) is 26.4. The summed E-state index contributed by atoms with van der Waals surface area (Å²) in [6.07, 6.45) is 0.463. The molecule has 9 nitrogen and oxygen atoms in total. The summed E-state index contributed by atoms with van der Waals surface area (Å²) < 4.78 is 35.6. The lowest BCUT2D eigenvalue weighted by Crippen LogP contribution is -2.54. The molecule has 1 aliphatic heterocycles. The fourth-order valence-electron chi connectivity index (χ4n) is 4.05. The van der Waals surface area contributed by atoms with Crippen LogP contribution in [0.1, 0.15) is 56.0 Å². The third-order valence-corrected chi connectivity index (χ3v) is 8.87. The van der Waals surface area contributed by atoms with Crippen LogP contribution in [0.3, 0.4) is 0 Å². The largest absolute Gasteiger partial charge is 0.494 e. The molecule has 0 spiro atoms. The van der Waals surface area contributed by atoms with Crippen LogP contribution in [0.15, 0.2) is 53.4 Å². The van der Waals surface area contributed by atoms with Gasteiger partial charge in [-0.2, -0.15) is 0 Å². The SMILES string of the molecule is CC(C)(C)c1ccc(C(=O)NCCCOc2ccc(S(=O)(=O)C3(C(=O)NO)CCOCC3)cc2)cc1. The van der Waals surface area contributed by atoms with Crippen LogP contribution < -0.4 is 15.5 Å². The van der Waals surface area contributed by atoms with Crippen LogP contribution in [-0.4, -0.2) is 56.6 Å². The Morgan fingerprint density at radius 3 is 2.19 bits per heavy atom. The second kappa shape index (κ2) is 11.4. The van der Waals surface area contributed by atoms with Crippen molar-refractivity contribution >= 4 is 21.7 Å². The van der Waals surface area contributed by atoms with Crippen LogP contribution in [-0.2, 0) is 24.8 Å². The molecule has 0 aliphatic carbocycles. The maximum absolute atomic E-state index is 13.3. The zero-order valence-electron chi connectivity index (χ0n) is 20.9. The van der Waals surface area contributed by atoms with Gasteiger partial charge in [0, 0.05) is 25.3 Å². The molecule has 2 aromatic carbocycles. The van der Waals surface area contributed by atoms with E-state index in [1.165, 1.54) is 29.7 Å². The minimum Gasteiger partial charge on any atom is -0.494 e. The van der Waals surface area contributed by atoms with Gasteiger partial charge in [-0.05, 0) is 66.6 Å². The normalized spacial score (nSPS) is 15.7. The molecule has 1 aliphatic rings. The first-order valence-electron chi connectivity index (χ1n) is 11.9. The molecule has 0 radical (unpaired) electrons. The van der Waals surface area contributed by atoms with E-state index in [2.05, 4.69) is 26.1 Å². The van der Waals surface area contributed by atoms with E-state index in [4.69, 9.17) is 14.7 Å². The Morgan fingerprint density at radius 1 is 1.03 bits per heavy atom. The Labute approximate surface area is 212 Å². The van der Waals surface area contributed by atoms with Crippen LogP contribution in [0.2, 0.25) is 0 Å². The van der Waals surface area contributed by atoms with Gasteiger partial charge in [0.15, 0.2) is 14.6 Å². The van der Waals surface area contributed by atoms with Crippen molar-refractivity contribution in [3.8, 4) is 5.75 Å². The van der Waals surface area contributed by atoms with Crippen LogP contribution in [0, 0.1) is 0 Å². The molecule has 10 heteroatoms. The second-order valence-electron chi connectivity index (χ2n) is 9.81. The van der Waals surface area contributed by atoms with Gasteiger partial charge in [-0.15, -0.1) is 0 Å². The molecule has 2 amide bonds. The molecule has 0 atom stereocenters. The molecule has 3 N–H and O–H groups in total. The first-order valence-corrected chi connectivity index (χ1v) is 13.4. The molecular formula is C26H34N2O7S. The average Bonchev–Trinajstić information content (AvgIpc) is 2.88. The molecule has 36 heavy (non-hydrogen) atoms. The Morgan fingerprint density at radius 2 is 1.64 bits per heavy atom. The first-order chi connectivity index (χ1) is 17.0. The van der Waals surface area contributed by atoms with E-state index in [0.29, 0.717) is 30.9 Å². The molecule has 0 aromatic heterocycles. The summed E-state index contributed by atoms with van der Waals surface area (Å²) in [4.78, 5) is 24.6. The van der Waals surface area contributed by atoms with Gasteiger partial charge in [-0.3, -0.25) is 14.8 Å². The minimum atomic E-state index is -4.08. The van der Waals surface area contributed by atoms with Gasteiger partial charge < -0.3 is 14.8 Å². The van der Waals surface area contributed by atoms with Crippen molar-refractivity contribution in [2.24, 2.45) is 0 Å². The Balaban J connectivity index is 1.51. The number of hydroxylamine groups is 1. The highest BCUT2D eigenvalue weighted by molar-refractivity contribution is 7.93. The Bertz CT molecular complexity index is 1150. The van der Waals surface area contributed by atoms with E-state index in [1.807, 2.05) is 24.3 Å². The number of hydrogen-bond acceptors (Lipinski definition) is 7. The molecule has 0 unspecified atom stereocenters. The highest BCUT2D eigenvalue weighted by Gasteiger charge is 2.52. The monoisotopic (exact) mass is 518 g/mol. The van der Waals surface area contributed by atoms with Crippen LogP contribution in [0.5, 0.6) is 5.75 Å². The number of sulfone groups is 1. The smallest absolute Gasteiger partial charge is 0.265 e. The summed E-state index contributed by atoms with van der Waals surface area (Å²) in [5.74, 6) is -0.650. The average molecular weight is 519 g/mol. The third kappa shape index (κ3) is 6.05. The zero-order valence-corrected chi connectivity index (χ0v) is 21.7. The molecule has 0 bridgehead atoms. The topological polar surface area (TPSA) is 131 Å². The van der Waals surface area contributed by atoms with E-state index in [-0.39, 0.29) is 42.3 Å². The van der Waals surface area contributed by atoms with E-state index in [1.54, 1.807) is 0 Å². The molecule has 2 aromatic rings. The van der Waals surface area contributed by atoms with Crippen molar-refractivity contribution in [1.82, 2.24) is 10.8 Å². The van der Waals surface area contributed by atoms with E-state index in [0.717, 1.165) is 5.56 Å². The summed E-state index contributed by atoms with van der Waals surface area (Å²) in [6.45, 7) is 7.31. The third-order valence-electron chi connectivity index (χ3n) is 6.35. The number of amides is 2. The molecular weight excluding hydrogens is 484 g/mol. The van der Waals surface area contributed by atoms with Crippen molar-refractivity contribution in [3.63, 3.8) is 0 Å². The molecule has 1 saturated heterocycles. The number of rotatable bonds is 9. The number of benzene rings is 2. The Kier molecular flexibility index (Phi) is 8.76. The maximum Gasteiger partial charge on any atom is 0.265 e.